The molecule has 0 atom stereocenters. The summed E-state index contributed by atoms with van der Waals surface area (Å²) in [5, 5.41) is 3.23. The molecule has 0 spiro atoms. The van der Waals surface area contributed by atoms with Crippen molar-refractivity contribution >= 4 is 31.6 Å². The van der Waals surface area contributed by atoms with Gasteiger partial charge in [-0.05, 0) is 34.1 Å². The standard InChI is InChI=1S/C14H18BrN3O2S/c1-10(2)16-8-11-7-12(9-17-11)21(19,20)18-14-6-4-3-5-13(14)15/h3-7,9-10,16-18H,8H2,1-2H3. The van der Waals surface area contributed by atoms with Crippen molar-refractivity contribution in [2.45, 2.75) is 31.3 Å². The van der Waals surface area contributed by atoms with Gasteiger partial charge in [0.15, 0.2) is 0 Å². The first kappa shape index (κ1) is 16.1. The molecule has 0 aliphatic rings. The summed E-state index contributed by atoms with van der Waals surface area (Å²) in [6.07, 6.45) is 1.50. The van der Waals surface area contributed by atoms with E-state index in [0.717, 1.165) is 5.69 Å². The number of sulfonamides is 1. The maximum absolute atomic E-state index is 12.3. The number of anilines is 1. The summed E-state index contributed by atoms with van der Waals surface area (Å²) in [4.78, 5) is 3.20. The monoisotopic (exact) mass is 371 g/mol. The summed E-state index contributed by atoms with van der Waals surface area (Å²) in [5.41, 5.74) is 1.34. The van der Waals surface area contributed by atoms with E-state index in [2.05, 4.69) is 31.0 Å². The van der Waals surface area contributed by atoms with Crippen molar-refractivity contribution in [2.24, 2.45) is 0 Å². The number of rotatable bonds is 6. The van der Waals surface area contributed by atoms with Crippen LogP contribution < -0.4 is 10.0 Å². The Morgan fingerprint density at radius 3 is 2.67 bits per heavy atom. The zero-order valence-corrected chi connectivity index (χ0v) is 14.3. The second-order valence-corrected chi connectivity index (χ2v) is 7.52. The average molecular weight is 372 g/mol. The third-order valence-electron chi connectivity index (χ3n) is 2.85. The summed E-state index contributed by atoms with van der Waals surface area (Å²) in [5.74, 6) is 0. The SMILES string of the molecule is CC(C)NCc1cc(S(=O)(=O)Nc2ccccc2Br)c[nH]1. The minimum Gasteiger partial charge on any atom is -0.363 e. The Kier molecular flexibility index (Phi) is 5.08. The zero-order valence-electron chi connectivity index (χ0n) is 11.9. The van der Waals surface area contributed by atoms with Gasteiger partial charge in [-0.1, -0.05) is 26.0 Å². The Morgan fingerprint density at radius 1 is 1.29 bits per heavy atom. The molecule has 1 aromatic carbocycles. The van der Waals surface area contributed by atoms with Crippen LogP contribution in [-0.4, -0.2) is 19.4 Å². The second-order valence-electron chi connectivity index (χ2n) is 4.98. The molecule has 0 aliphatic heterocycles. The van der Waals surface area contributed by atoms with Crippen LogP contribution in [0.25, 0.3) is 0 Å². The fraction of sp³-hybridized carbons (Fsp3) is 0.286. The van der Waals surface area contributed by atoms with Crippen molar-refractivity contribution in [1.82, 2.24) is 10.3 Å². The van der Waals surface area contributed by atoms with E-state index in [1.54, 1.807) is 24.3 Å². The Morgan fingerprint density at radius 2 is 2.00 bits per heavy atom. The molecule has 0 radical (unpaired) electrons. The molecule has 0 fully saturated rings. The fourth-order valence-corrected chi connectivity index (χ4v) is 3.35. The van der Waals surface area contributed by atoms with Gasteiger partial charge in [-0.15, -0.1) is 0 Å². The Bertz CT molecular complexity index is 711. The van der Waals surface area contributed by atoms with Gasteiger partial charge in [0.2, 0.25) is 0 Å². The van der Waals surface area contributed by atoms with Crippen LogP contribution in [0.2, 0.25) is 0 Å². The van der Waals surface area contributed by atoms with Gasteiger partial charge in [-0.25, -0.2) is 8.42 Å². The summed E-state index contributed by atoms with van der Waals surface area (Å²) >= 11 is 3.32. The molecular formula is C14H18BrN3O2S. The predicted molar refractivity (Wildman–Crippen MR) is 87.7 cm³/mol. The molecule has 1 aromatic heterocycles. The minimum absolute atomic E-state index is 0.221. The molecule has 2 rings (SSSR count). The van der Waals surface area contributed by atoms with Gasteiger partial charge in [0, 0.05) is 29.0 Å². The normalized spacial score (nSPS) is 11.8. The first-order valence-corrected chi connectivity index (χ1v) is 8.84. The van der Waals surface area contributed by atoms with Gasteiger partial charge in [-0.3, -0.25) is 4.72 Å². The van der Waals surface area contributed by atoms with Crippen LogP contribution >= 0.6 is 15.9 Å². The molecule has 114 valence electrons. The molecule has 3 N–H and O–H groups in total. The van der Waals surface area contributed by atoms with Crippen LogP contribution in [0, 0.1) is 0 Å². The highest BCUT2D eigenvalue weighted by atomic mass is 79.9. The van der Waals surface area contributed by atoms with E-state index in [9.17, 15) is 8.42 Å². The molecule has 0 bridgehead atoms. The van der Waals surface area contributed by atoms with Gasteiger partial charge in [0.1, 0.15) is 4.90 Å². The Hall–Kier alpha value is -1.31. The van der Waals surface area contributed by atoms with Crippen molar-refractivity contribution in [3.8, 4) is 0 Å². The first-order valence-electron chi connectivity index (χ1n) is 6.56. The lowest BCUT2D eigenvalue weighted by molar-refractivity contribution is 0.582. The van der Waals surface area contributed by atoms with Gasteiger partial charge in [0.05, 0.1) is 5.69 Å². The third-order valence-corrected chi connectivity index (χ3v) is 4.88. The number of hydrogen-bond acceptors (Lipinski definition) is 3. The van der Waals surface area contributed by atoms with E-state index in [4.69, 9.17) is 0 Å². The number of benzene rings is 1. The van der Waals surface area contributed by atoms with Crippen LogP contribution in [-0.2, 0) is 16.6 Å². The summed E-state index contributed by atoms with van der Waals surface area (Å²) in [6.45, 7) is 4.67. The number of H-pyrrole nitrogens is 1. The van der Waals surface area contributed by atoms with E-state index in [1.165, 1.54) is 6.20 Å². The van der Waals surface area contributed by atoms with Gasteiger partial charge in [0.25, 0.3) is 10.0 Å². The van der Waals surface area contributed by atoms with E-state index >= 15 is 0 Å². The number of para-hydroxylation sites is 1. The summed E-state index contributed by atoms with van der Waals surface area (Å²) in [7, 11) is -3.59. The Balaban J connectivity index is 2.15. The number of aromatic amines is 1. The van der Waals surface area contributed by atoms with E-state index in [-0.39, 0.29) is 4.90 Å². The van der Waals surface area contributed by atoms with E-state index in [1.807, 2.05) is 19.9 Å². The fourth-order valence-electron chi connectivity index (χ4n) is 1.74. The minimum atomic E-state index is -3.59. The Labute approximate surface area is 133 Å². The van der Waals surface area contributed by atoms with E-state index < -0.39 is 10.0 Å². The van der Waals surface area contributed by atoms with Gasteiger partial charge in [-0.2, -0.15) is 0 Å². The molecule has 21 heavy (non-hydrogen) atoms. The molecule has 5 nitrogen and oxygen atoms in total. The molecule has 2 aromatic rings. The van der Waals surface area contributed by atoms with Crippen molar-refractivity contribution in [2.75, 3.05) is 4.72 Å². The molecule has 1 heterocycles. The second kappa shape index (κ2) is 6.64. The topological polar surface area (TPSA) is 74.0 Å². The van der Waals surface area contributed by atoms with Crippen LogP contribution in [0.1, 0.15) is 19.5 Å². The summed E-state index contributed by atoms with van der Waals surface area (Å²) in [6, 6.07) is 9.06. The predicted octanol–water partition coefficient (Wildman–Crippen LogP) is 3.08. The van der Waals surface area contributed by atoms with E-state index in [0.29, 0.717) is 22.7 Å². The molecule has 0 saturated carbocycles. The lowest BCUT2D eigenvalue weighted by atomic mass is 10.3. The van der Waals surface area contributed by atoms with Crippen molar-refractivity contribution in [3.05, 3.63) is 46.7 Å². The van der Waals surface area contributed by atoms with Gasteiger partial charge < -0.3 is 10.3 Å². The molecular weight excluding hydrogens is 354 g/mol. The first-order chi connectivity index (χ1) is 9.88. The van der Waals surface area contributed by atoms with Crippen LogP contribution in [0.5, 0.6) is 0 Å². The van der Waals surface area contributed by atoms with Crippen LogP contribution in [0.15, 0.2) is 45.9 Å². The molecule has 7 heteroatoms. The third kappa shape index (κ3) is 4.33. The van der Waals surface area contributed by atoms with Crippen molar-refractivity contribution in [3.63, 3.8) is 0 Å². The maximum Gasteiger partial charge on any atom is 0.263 e. The highest BCUT2D eigenvalue weighted by Gasteiger charge is 2.17. The highest BCUT2D eigenvalue weighted by molar-refractivity contribution is 9.10. The molecule has 0 saturated heterocycles. The smallest absolute Gasteiger partial charge is 0.263 e. The van der Waals surface area contributed by atoms with Crippen molar-refractivity contribution < 1.29 is 8.42 Å². The quantitative estimate of drug-likeness (QED) is 0.730. The number of hydrogen-bond donors (Lipinski definition) is 3. The average Bonchev–Trinajstić information content (AvgIpc) is 2.88. The number of aromatic nitrogens is 1. The summed E-state index contributed by atoms with van der Waals surface area (Å²) < 4.78 is 27.9. The maximum atomic E-state index is 12.3. The van der Waals surface area contributed by atoms with Crippen molar-refractivity contribution in [1.29, 1.82) is 0 Å². The lowest BCUT2D eigenvalue weighted by Gasteiger charge is -2.08. The number of halogens is 1. The van der Waals surface area contributed by atoms with Gasteiger partial charge >= 0.3 is 0 Å². The van der Waals surface area contributed by atoms with Crippen LogP contribution in [0.3, 0.4) is 0 Å². The molecule has 0 unspecified atom stereocenters. The highest BCUT2D eigenvalue weighted by Crippen LogP contribution is 2.24. The van der Waals surface area contributed by atoms with Crippen LogP contribution in [0.4, 0.5) is 5.69 Å². The largest absolute Gasteiger partial charge is 0.363 e. The molecule has 0 aliphatic carbocycles. The number of nitrogens with one attached hydrogen (secondary N) is 3. The lowest BCUT2D eigenvalue weighted by Crippen LogP contribution is -2.21. The molecule has 0 amide bonds. The zero-order chi connectivity index (χ0) is 15.5.